The second-order valence-electron chi connectivity index (χ2n) is 4.12. The van der Waals surface area contributed by atoms with Gasteiger partial charge < -0.3 is 15.7 Å². The Bertz CT molecular complexity index is 504. The Morgan fingerprint density at radius 3 is 3.17 bits per heavy atom. The van der Waals surface area contributed by atoms with Crippen LogP contribution in [0.15, 0.2) is 18.5 Å². The summed E-state index contributed by atoms with van der Waals surface area (Å²) in [5, 5.41) is 9.46. The first kappa shape index (κ1) is 12.6. The molecule has 1 aliphatic heterocycles. The summed E-state index contributed by atoms with van der Waals surface area (Å²) in [6.07, 6.45) is 3.32. The molecule has 1 amide bonds. The van der Waals surface area contributed by atoms with E-state index < -0.39 is 6.10 Å². The summed E-state index contributed by atoms with van der Waals surface area (Å²) < 4.78 is 0. The first-order valence-electron chi connectivity index (χ1n) is 5.82. The molecule has 18 heavy (non-hydrogen) atoms. The van der Waals surface area contributed by atoms with E-state index in [0.29, 0.717) is 30.6 Å². The van der Waals surface area contributed by atoms with Crippen LogP contribution < -0.4 is 5.73 Å². The van der Waals surface area contributed by atoms with Crippen LogP contribution in [0.4, 0.5) is 0 Å². The lowest BCUT2D eigenvalue weighted by Crippen LogP contribution is -2.30. The fourth-order valence-electron chi connectivity index (χ4n) is 1.92. The highest BCUT2D eigenvalue weighted by atomic mass is 16.3. The highest BCUT2D eigenvalue weighted by Gasteiger charge is 2.26. The second-order valence-corrected chi connectivity index (χ2v) is 4.12. The Morgan fingerprint density at radius 2 is 2.50 bits per heavy atom. The van der Waals surface area contributed by atoms with Crippen molar-refractivity contribution >= 4 is 5.91 Å². The number of aromatic nitrogens is 1. The minimum Gasteiger partial charge on any atom is -0.391 e. The van der Waals surface area contributed by atoms with E-state index in [1.54, 1.807) is 23.4 Å². The van der Waals surface area contributed by atoms with E-state index in [2.05, 4.69) is 16.8 Å². The topological polar surface area (TPSA) is 79.5 Å². The van der Waals surface area contributed by atoms with Gasteiger partial charge in [-0.05, 0) is 12.5 Å². The van der Waals surface area contributed by atoms with Crippen LogP contribution in [0.25, 0.3) is 0 Å². The minimum atomic E-state index is -0.422. The van der Waals surface area contributed by atoms with Crippen LogP contribution in [0.2, 0.25) is 0 Å². The number of pyridine rings is 1. The third-order valence-electron chi connectivity index (χ3n) is 2.83. The molecule has 0 spiro atoms. The number of aliphatic hydroxyl groups is 1. The summed E-state index contributed by atoms with van der Waals surface area (Å²) in [6, 6.07) is 1.65. The number of β-amino-alcohol motifs (C(OH)–C–C–N with tert-alkyl or cyclic N) is 1. The summed E-state index contributed by atoms with van der Waals surface area (Å²) in [5.41, 5.74) is 6.41. The fraction of sp³-hybridized carbons (Fsp3) is 0.385. The van der Waals surface area contributed by atoms with Crippen molar-refractivity contribution in [2.75, 3.05) is 19.6 Å². The largest absolute Gasteiger partial charge is 0.391 e. The summed E-state index contributed by atoms with van der Waals surface area (Å²) in [7, 11) is 0. The van der Waals surface area contributed by atoms with Crippen LogP contribution in [-0.2, 0) is 0 Å². The first-order chi connectivity index (χ1) is 8.72. The van der Waals surface area contributed by atoms with E-state index in [-0.39, 0.29) is 12.5 Å². The molecule has 0 aromatic carbocycles. The average molecular weight is 245 g/mol. The van der Waals surface area contributed by atoms with Gasteiger partial charge in [0, 0.05) is 25.5 Å². The molecule has 1 fully saturated rings. The molecule has 1 saturated heterocycles. The van der Waals surface area contributed by atoms with Gasteiger partial charge in [0.1, 0.15) is 0 Å². The highest BCUT2D eigenvalue weighted by molar-refractivity contribution is 5.96. The highest BCUT2D eigenvalue weighted by Crippen LogP contribution is 2.15. The van der Waals surface area contributed by atoms with Gasteiger partial charge in [-0.2, -0.15) is 0 Å². The number of nitrogens with two attached hydrogens (primary N) is 1. The second kappa shape index (κ2) is 5.63. The van der Waals surface area contributed by atoms with Gasteiger partial charge in [0.25, 0.3) is 5.91 Å². The van der Waals surface area contributed by atoms with Gasteiger partial charge in [0.15, 0.2) is 0 Å². The Labute approximate surface area is 106 Å². The van der Waals surface area contributed by atoms with Gasteiger partial charge in [0.05, 0.1) is 23.8 Å². The molecule has 5 heteroatoms. The minimum absolute atomic E-state index is 0.115. The van der Waals surface area contributed by atoms with Crippen LogP contribution in [0.3, 0.4) is 0 Å². The lowest BCUT2D eigenvalue weighted by Gasteiger charge is -2.16. The molecule has 0 saturated carbocycles. The van der Waals surface area contributed by atoms with Gasteiger partial charge in [-0.1, -0.05) is 11.8 Å². The van der Waals surface area contributed by atoms with E-state index in [4.69, 9.17) is 5.73 Å². The van der Waals surface area contributed by atoms with Crippen LogP contribution in [0.1, 0.15) is 22.3 Å². The summed E-state index contributed by atoms with van der Waals surface area (Å²) >= 11 is 0. The van der Waals surface area contributed by atoms with Crippen LogP contribution in [0.5, 0.6) is 0 Å². The first-order valence-corrected chi connectivity index (χ1v) is 5.82. The molecule has 1 atom stereocenters. The Kier molecular flexibility index (Phi) is 3.92. The molecular formula is C13H15N3O2. The average Bonchev–Trinajstić information content (AvgIpc) is 2.82. The predicted molar refractivity (Wildman–Crippen MR) is 66.7 cm³/mol. The molecule has 1 aromatic rings. The van der Waals surface area contributed by atoms with E-state index in [0.717, 1.165) is 0 Å². The molecule has 3 N–H and O–H groups in total. The molecule has 1 aliphatic rings. The molecule has 5 nitrogen and oxygen atoms in total. The van der Waals surface area contributed by atoms with Crippen LogP contribution in [-0.4, -0.2) is 46.6 Å². The van der Waals surface area contributed by atoms with Crippen molar-refractivity contribution in [2.45, 2.75) is 12.5 Å². The van der Waals surface area contributed by atoms with Crippen molar-refractivity contribution < 1.29 is 9.90 Å². The number of nitrogens with zero attached hydrogens (tertiary/aromatic N) is 2. The Hall–Kier alpha value is -1.90. The van der Waals surface area contributed by atoms with E-state index in [1.807, 2.05) is 0 Å². The third kappa shape index (κ3) is 2.67. The number of hydrogen-bond acceptors (Lipinski definition) is 4. The number of aliphatic hydroxyl groups excluding tert-OH is 1. The van der Waals surface area contributed by atoms with Crippen LogP contribution >= 0.6 is 0 Å². The zero-order valence-electron chi connectivity index (χ0n) is 9.97. The molecule has 2 heterocycles. The van der Waals surface area contributed by atoms with E-state index in [9.17, 15) is 9.90 Å². The third-order valence-corrected chi connectivity index (χ3v) is 2.83. The number of carbonyl (C=O) groups is 1. The van der Waals surface area contributed by atoms with Gasteiger partial charge >= 0.3 is 0 Å². The summed E-state index contributed by atoms with van der Waals surface area (Å²) in [6.45, 7) is 1.20. The maximum absolute atomic E-state index is 12.3. The summed E-state index contributed by atoms with van der Waals surface area (Å²) in [5.74, 6) is 5.44. The van der Waals surface area contributed by atoms with Crippen molar-refractivity contribution in [3.8, 4) is 11.8 Å². The number of amides is 1. The van der Waals surface area contributed by atoms with Crippen molar-refractivity contribution in [3.63, 3.8) is 0 Å². The SMILES string of the molecule is NCC#Cc1cnccc1C(=O)N1CCC(O)C1. The molecule has 0 radical (unpaired) electrons. The van der Waals surface area contributed by atoms with Crippen molar-refractivity contribution in [3.05, 3.63) is 29.6 Å². The van der Waals surface area contributed by atoms with Gasteiger partial charge in [-0.15, -0.1) is 0 Å². The molecule has 0 bridgehead atoms. The Balaban J connectivity index is 2.24. The quantitative estimate of drug-likeness (QED) is 0.660. The predicted octanol–water partition coefficient (Wildman–Crippen LogP) is -0.401. The number of rotatable bonds is 1. The molecule has 1 unspecified atom stereocenters. The van der Waals surface area contributed by atoms with E-state index >= 15 is 0 Å². The molecule has 1 aromatic heterocycles. The lowest BCUT2D eigenvalue weighted by molar-refractivity contribution is 0.0764. The van der Waals surface area contributed by atoms with Crippen molar-refractivity contribution in [1.82, 2.24) is 9.88 Å². The maximum Gasteiger partial charge on any atom is 0.255 e. The normalized spacial score (nSPS) is 18.3. The fourth-order valence-corrected chi connectivity index (χ4v) is 1.92. The smallest absolute Gasteiger partial charge is 0.255 e. The molecule has 2 rings (SSSR count). The van der Waals surface area contributed by atoms with Crippen molar-refractivity contribution in [2.24, 2.45) is 5.73 Å². The Morgan fingerprint density at radius 1 is 1.67 bits per heavy atom. The van der Waals surface area contributed by atoms with Crippen LogP contribution in [0, 0.1) is 11.8 Å². The molecular weight excluding hydrogens is 230 g/mol. The maximum atomic E-state index is 12.3. The van der Waals surface area contributed by atoms with Gasteiger partial charge in [0.2, 0.25) is 0 Å². The van der Waals surface area contributed by atoms with Crippen molar-refractivity contribution in [1.29, 1.82) is 0 Å². The lowest BCUT2D eigenvalue weighted by atomic mass is 10.1. The molecule has 94 valence electrons. The monoisotopic (exact) mass is 245 g/mol. The van der Waals surface area contributed by atoms with Gasteiger partial charge in [-0.3, -0.25) is 9.78 Å². The number of likely N-dealkylation sites (tertiary alicyclic amines) is 1. The number of hydrogen-bond donors (Lipinski definition) is 2. The summed E-state index contributed by atoms with van der Waals surface area (Å²) in [4.78, 5) is 17.9. The molecule has 0 aliphatic carbocycles. The standard InChI is InChI=1S/C13H15N3O2/c14-5-1-2-10-8-15-6-3-12(10)13(18)16-7-4-11(17)9-16/h3,6,8,11,17H,4-5,7,9,14H2. The zero-order chi connectivity index (χ0) is 13.0. The van der Waals surface area contributed by atoms with Gasteiger partial charge in [-0.25, -0.2) is 0 Å². The zero-order valence-corrected chi connectivity index (χ0v) is 9.97. The number of carbonyl (C=O) groups excluding carboxylic acids is 1. The van der Waals surface area contributed by atoms with E-state index in [1.165, 1.54) is 0 Å².